The number of ether oxygens (including phenoxy) is 1. The molecule has 0 saturated carbocycles. The lowest BCUT2D eigenvalue weighted by Crippen LogP contribution is -2.49. The number of anilines is 1. The average Bonchev–Trinajstić information content (AvgIpc) is 2.73. The van der Waals surface area contributed by atoms with Crippen molar-refractivity contribution in [2.45, 2.75) is 31.5 Å². The van der Waals surface area contributed by atoms with Gasteiger partial charge in [-0.05, 0) is 42.5 Å². The van der Waals surface area contributed by atoms with E-state index < -0.39 is 6.10 Å². The van der Waals surface area contributed by atoms with Crippen LogP contribution in [0.15, 0.2) is 48.5 Å². The maximum absolute atomic E-state index is 10.5. The van der Waals surface area contributed by atoms with Gasteiger partial charge in [-0.15, -0.1) is 0 Å². The summed E-state index contributed by atoms with van der Waals surface area (Å²) in [5.41, 5.74) is 3.56. The zero-order valence-corrected chi connectivity index (χ0v) is 16.3. The first kappa shape index (κ1) is 19.2. The molecule has 4 rings (SSSR count). The van der Waals surface area contributed by atoms with Gasteiger partial charge in [0.25, 0.3) is 0 Å². The third-order valence-corrected chi connectivity index (χ3v) is 5.87. The highest BCUT2D eigenvalue weighted by molar-refractivity contribution is 5.57. The lowest BCUT2D eigenvalue weighted by Gasteiger charge is -2.37. The van der Waals surface area contributed by atoms with Gasteiger partial charge in [0.1, 0.15) is 5.75 Å². The van der Waals surface area contributed by atoms with Crippen LogP contribution in [0.1, 0.15) is 30.1 Å². The van der Waals surface area contributed by atoms with Gasteiger partial charge in [0.05, 0.1) is 24.5 Å². The monoisotopic (exact) mass is 382 g/mol. The van der Waals surface area contributed by atoms with Gasteiger partial charge in [-0.1, -0.05) is 36.4 Å². The Bertz CT molecular complexity index is 774. The summed E-state index contributed by atoms with van der Waals surface area (Å²) in [5.74, 6) is 0.331. The van der Waals surface area contributed by atoms with Crippen LogP contribution in [0.4, 0.5) is 5.69 Å². The van der Waals surface area contributed by atoms with Crippen molar-refractivity contribution in [2.24, 2.45) is 0 Å². The number of fused-ring (bicyclic) bond motifs is 1. The molecule has 5 heteroatoms. The minimum Gasteiger partial charge on any atom is -0.506 e. The molecule has 28 heavy (non-hydrogen) atoms. The van der Waals surface area contributed by atoms with E-state index in [1.54, 1.807) is 6.07 Å². The third kappa shape index (κ3) is 4.49. The summed E-state index contributed by atoms with van der Waals surface area (Å²) < 4.78 is 6.10. The standard InChI is InChI=1S/C23H30N2O3/c26-19(17-28-23-11-5-7-18-6-1-2-8-20(18)23)16-24-12-14-25(15-13-24)21-9-3-4-10-22(21)27/h1-4,6,8-10,19,23,26-27H,5,7,11-17H2/t19-,23+/m0/s1. The zero-order valence-electron chi connectivity index (χ0n) is 16.3. The normalized spacial score (nSPS) is 21.3. The molecule has 2 aromatic carbocycles. The predicted octanol–water partition coefficient (Wildman–Crippen LogP) is 2.97. The second kappa shape index (κ2) is 8.95. The molecule has 2 aromatic rings. The van der Waals surface area contributed by atoms with Crippen molar-refractivity contribution in [1.29, 1.82) is 0 Å². The van der Waals surface area contributed by atoms with Crippen LogP contribution < -0.4 is 4.90 Å². The summed E-state index contributed by atoms with van der Waals surface area (Å²) in [6, 6.07) is 16.0. The average molecular weight is 383 g/mol. The van der Waals surface area contributed by atoms with Gasteiger partial charge in [0, 0.05) is 32.7 Å². The summed E-state index contributed by atoms with van der Waals surface area (Å²) in [5, 5.41) is 20.5. The Labute approximate surface area is 167 Å². The molecule has 0 spiro atoms. The Morgan fingerprint density at radius 1 is 1.00 bits per heavy atom. The Morgan fingerprint density at radius 3 is 2.57 bits per heavy atom. The fourth-order valence-electron chi connectivity index (χ4n) is 4.36. The second-order valence-electron chi connectivity index (χ2n) is 7.84. The van der Waals surface area contributed by atoms with Crippen molar-refractivity contribution in [3.63, 3.8) is 0 Å². The Balaban J connectivity index is 1.23. The quantitative estimate of drug-likeness (QED) is 0.805. The first-order valence-electron chi connectivity index (χ1n) is 10.3. The van der Waals surface area contributed by atoms with E-state index in [9.17, 15) is 10.2 Å². The number of piperazine rings is 1. The predicted molar refractivity (Wildman–Crippen MR) is 111 cm³/mol. The Kier molecular flexibility index (Phi) is 6.15. The molecule has 0 radical (unpaired) electrons. The van der Waals surface area contributed by atoms with Gasteiger partial charge in [0.15, 0.2) is 0 Å². The zero-order chi connectivity index (χ0) is 19.3. The minimum absolute atomic E-state index is 0.109. The van der Waals surface area contributed by atoms with E-state index in [-0.39, 0.29) is 6.10 Å². The van der Waals surface area contributed by atoms with E-state index in [1.807, 2.05) is 18.2 Å². The molecular weight excluding hydrogens is 352 g/mol. The van der Waals surface area contributed by atoms with Crippen molar-refractivity contribution in [3.05, 3.63) is 59.7 Å². The van der Waals surface area contributed by atoms with Gasteiger partial charge in [-0.2, -0.15) is 0 Å². The molecule has 5 nitrogen and oxygen atoms in total. The molecule has 0 unspecified atom stereocenters. The van der Waals surface area contributed by atoms with Crippen LogP contribution in [0.2, 0.25) is 0 Å². The number of aromatic hydroxyl groups is 1. The molecule has 0 aromatic heterocycles. The number of hydrogen-bond acceptors (Lipinski definition) is 5. The molecule has 1 aliphatic heterocycles. The minimum atomic E-state index is -0.481. The number of aliphatic hydroxyl groups excluding tert-OH is 1. The van der Waals surface area contributed by atoms with Gasteiger partial charge >= 0.3 is 0 Å². The largest absolute Gasteiger partial charge is 0.506 e. The number of nitrogens with zero attached hydrogens (tertiary/aromatic N) is 2. The molecule has 0 bridgehead atoms. The Morgan fingerprint density at radius 2 is 1.75 bits per heavy atom. The highest BCUT2D eigenvalue weighted by Crippen LogP contribution is 2.32. The number of rotatable bonds is 6. The number of para-hydroxylation sites is 2. The molecule has 1 heterocycles. The van der Waals surface area contributed by atoms with Crippen LogP contribution in [-0.2, 0) is 11.2 Å². The van der Waals surface area contributed by atoms with Crippen molar-refractivity contribution in [1.82, 2.24) is 4.90 Å². The summed E-state index contributed by atoms with van der Waals surface area (Å²) >= 11 is 0. The highest BCUT2D eigenvalue weighted by atomic mass is 16.5. The van der Waals surface area contributed by atoms with Crippen LogP contribution in [0, 0.1) is 0 Å². The van der Waals surface area contributed by atoms with Crippen LogP contribution in [-0.4, -0.2) is 60.5 Å². The highest BCUT2D eigenvalue weighted by Gasteiger charge is 2.24. The molecule has 1 saturated heterocycles. The molecule has 2 atom stereocenters. The van der Waals surface area contributed by atoms with E-state index >= 15 is 0 Å². The molecule has 1 aliphatic carbocycles. The van der Waals surface area contributed by atoms with E-state index in [4.69, 9.17) is 4.74 Å². The van der Waals surface area contributed by atoms with Gasteiger partial charge in [-0.3, -0.25) is 4.90 Å². The van der Waals surface area contributed by atoms with Gasteiger partial charge < -0.3 is 19.8 Å². The van der Waals surface area contributed by atoms with E-state index in [0.717, 1.165) is 51.1 Å². The lowest BCUT2D eigenvalue weighted by atomic mass is 9.89. The smallest absolute Gasteiger partial charge is 0.138 e. The van der Waals surface area contributed by atoms with Crippen molar-refractivity contribution >= 4 is 5.69 Å². The van der Waals surface area contributed by atoms with E-state index in [2.05, 4.69) is 34.1 Å². The van der Waals surface area contributed by atoms with E-state index in [1.165, 1.54) is 11.1 Å². The summed E-state index contributed by atoms with van der Waals surface area (Å²) in [6.45, 7) is 4.44. The first-order chi connectivity index (χ1) is 13.7. The van der Waals surface area contributed by atoms with Crippen LogP contribution in [0.5, 0.6) is 5.75 Å². The number of phenols is 1. The van der Waals surface area contributed by atoms with Gasteiger partial charge in [-0.25, -0.2) is 0 Å². The van der Waals surface area contributed by atoms with Crippen molar-refractivity contribution in [3.8, 4) is 5.75 Å². The fraction of sp³-hybridized carbons (Fsp3) is 0.478. The summed E-state index contributed by atoms with van der Waals surface area (Å²) in [4.78, 5) is 4.48. The fourth-order valence-corrected chi connectivity index (χ4v) is 4.36. The third-order valence-electron chi connectivity index (χ3n) is 5.87. The topological polar surface area (TPSA) is 56.2 Å². The summed E-state index contributed by atoms with van der Waals surface area (Å²) in [7, 11) is 0. The number of phenolic OH excluding ortho intramolecular Hbond substituents is 1. The number of benzene rings is 2. The van der Waals surface area contributed by atoms with Crippen LogP contribution >= 0.6 is 0 Å². The SMILES string of the molecule is Oc1ccccc1N1CCN(C[C@H](O)CO[C@@H]2CCCc3ccccc32)CC1. The molecular formula is C23H30N2O3. The van der Waals surface area contributed by atoms with Crippen LogP contribution in [0.25, 0.3) is 0 Å². The van der Waals surface area contributed by atoms with E-state index in [0.29, 0.717) is 18.9 Å². The molecule has 150 valence electrons. The van der Waals surface area contributed by atoms with Crippen molar-refractivity contribution < 1.29 is 14.9 Å². The molecule has 1 fully saturated rings. The van der Waals surface area contributed by atoms with Gasteiger partial charge in [0.2, 0.25) is 0 Å². The molecule has 0 amide bonds. The molecule has 2 aliphatic rings. The number of aryl methyl sites for hydroxylation is 1. The van der Waals surface area contributed by atoms with Crippen LogP contribution in [0.3, 0.4) is 0 Å². The first-order valence-corrected chi connectivity index (χ1v) is 10.3. The maximum atomic E-state index is 10.5. The molecule has 2 N–H and O–H groups in total. The second-order valence-corrected chi connectivity index (χ2v) is 7.84. The number of hydrogen-bond donors (Lipinski definition) is 2. The van der Waals surface area contributed by atoms with Crippen molar-refractivity contribution in [2.75, 3.05) is 44.2 Å². The lowest BCUT2D eigenvalue weighted by molar-refractivity contribution is -0.0285. The summed E-state index contributed by atoms with van der Waals surface area (Å²) in [6.07, 6.45) is 2.93. The maximum Gasteiger partial charge on any atom is 0.138 e. The number of aliphatic hydroxyl groups is 1. The number of β-amino-alcohol motifs (C(OH)–C–C–N with tert-alkyl or cyclic N) is 1. The Hall–Kier alpha value is -2.08.